The molecule has 0 radical (unpaired) electrons. The second kappa shape index (κ2) is 3.89. The van der Waals surface area contributed by atoms with Crippen molar-refractivity contribution in [1.82, 2.24) is 9.78 Å². The zero-order valence-electron chi connectivity index (χ0n) is 9.44. The molecule has 1 aromatic carbocycles. The second-order valence-corrected chi connectivity index (χ2v) is 4.13. The molecule has 1 aromatic heterocycles. The first kappa shape index (κ1) is 9.97. The fourth-order valence-corrected chi connectivity index (χ4v) is 1.75. The van der Waals surface area contributed by atoms with Crippen LogP contribution in [0, 0.1) is 0 Å². The van der Waals surface area contributed by atoms with Crippen molar-refractivity contribution in [2.75, 3.05) is 0 Å². The lowest BCUT2D eigenvalue weighted by Gasteiger charge is -2.04. The van der Waals surface area contributed by atoms with E-state index in [0.717, 1.165) is 5.69 Å². The minimum atomic E-state index is 0.508. The van der Waals surface area contributed by atoms with Crippen LogP contribution in [0.2, 0.25) is 0 Å². The van der Waals surface area contributed by atoms with E-state index in [1.165, 1.54) is 11.1 Å². The van der Waals surface area contributed by atoms with Crippen LogP contribution >= 0.6 is 0 Å². The van der Waals surface area contributed by atoms with E-state index in [0.29, 0.717) is 5.92 Å². The van der Waals surface area contributed by atoms with Gasteiger partial charge in [-0.1, -0.05) is 44.2 Å². The maximum atomic E-state index is 4.52. The van der Waals surface area contributed by atoms with Gasteiger partial charge < -0.3 is 0 Å². The van der Waals surface area contributed by atoms with Crippen LogP contribution in [0.1, 0.15) is 25.3 Å². The molecule has 15 heavy (non-hydrogen) atoms. The van der Waals surface area contributed by atoms with Crippen molar-refractivity contribution in [2.24, 2.45) is 7.05 Å². The maximum absolute atomic E-state index is 4.52. The number of nitrogens with zero attached hydrogens (tertiary/aromatic N) is 2. The van der Waals surface area contributed by atoms with Crippen molar-refractivity contribution in [3.05, 3.63) is 42.1 Å². The number of rotatable bonds is 2. The summed E-state index contributed by atoms with van der Waals surface area (Å²) < 4.78 is 1.89. The fraction of sp³-hybridized carbons (Fsp3) is 0.308. The summed E-state index contributed by atoms with van der Waals surface area (Å²) in [6, 6.07) is 10.3. The van der Waals surface area contributed by atoms with Gasteiger partial charge in [0.2, 0.25) is 0 Å². The molecule has 0 N–H and O–H groups in total. The maximum Gasteiger partial charge on any atom is 0.0957 e. The van der Waals surface area contributed by atoms with Gasteiger partial charge >= 0.3 is 0 Å². The molecule has 2 rings (SSSR count). The molecule has 0 spiro atoms. The lowest BCUT2D eigenvalue weighted by Crippen LogP contribution is -1.89. The van der Waals surface area contributed by atoms with Gasteiger partial charge in [0.15, 0.2) is 0 Å². The molecular weight excluding hydrogens is 184 g/mol. The quantitative estimate of drug-likeness (QED) is 0.727. The molecule has 0 aliphatic heterocycles. The number of hydrogen-bond acceptors (Lipinski definition) is 1. The molecule has 0 amide bonds. The minimum Gasteiger partial charge on any atom is -0.275 e. The first-order valence-corrected chi connectivity index (χ1v) is 5.27. The highest BCUT2D eigenvalue weighted by molar-refractivity contribution is 5.63. The standard InChI is InChI=1S/C13H16N2/c1-10(2)12-9-15(3)14-13(12)11-7-5-4-6-8-11/h4-10H,1-3H3. The van der Waals surface area contributed by atoms with Crippen LogP contribution in [0.15, 0.2) is 36.5 Å². The summed E-state index contributed by atoms with van der Waals surface area (Å²) in [4.78, 5) is 0. The lowest BCUT2D eigenvalue weighted by molar-refractivity contribution is 0.767. The summed E-state index contributed by atoms with van der Waals surface area (Å²) in [6.07, 6.45) is 2.10. The Balaban J connectivity index is 2.53. The Labute approximate surface area is 90.6 Å². The summed E-state index contributed by atoms with van der Waals surface area (Å²) in [5.74, 6) is 0.508. The lowest BCUT2D eigenvalue weighted by atomic mass is 10.00. The van der Waals surface area contributed by atoms with E-state index < -0.39 is 0 Å². The van der Waals surface area contributed by atoms with Crippen LogP contribution in [0.3, 0.4) is 0 Å². The van der Waals surface area contributed by atoms with E-state index in [2.05, 4.69) is 37.3 Å². The van der Waals surface area contributed by atoms with Crippen LogP contribution in [-0.2, 0) is 7.05 Å². The molecule has 0 fully saturated rings. The predicted octanol–water partition coefficient (Wildman–Crippen LogP) is 3.21. The topological polar surface area (TPSA) is 17.8 Å². The van der Waals surface area contributed by atoms with Gasteiger partial charge in [0, 0.05) is 24.4 Å². The van der Waals surface area contributed by atoms with E-state index >= 15 is 0 Å². The molecule has 2 aromatic rings. The van der Waals surface area contributed by atoms with Gasteiger partial charge in [-0.3, -0.25) is 4.68 Å². The van der Waals surface area contributed by atoms with E-state index in [9.17, 15) is 0 Å². The molecule has 2 heteroatoms. The van der Waals surface area contributed by atoms with Crippen LogP contribution in [0.25, 0.3) is 11.3 Å². The second-order valence-electron chi connectivity index (χ2n) is 4.13. The normalized spacial score (nSPS) is 10.9. The van der Waals surface area contributed by atoms with Gasteiger partial charge in [0.1, 0.15) is 0 Å². The van der Waals surface area contributed by atoms with Crippen molar-refractivity contribution in [1.29, 1.82) is 0 Å². The number of hydrogen-bond donors (Lipinski definition) is 0. The van der Waals surface area contributed by atoms with Crippen molar-refractivity contribution in [2.45, 2.75) is 19.8 Å². The zero-order chi connectivity index (χ0) is 10.8. The van der Waals surface area contributed by atoms with Crippen molar-refractivity contribution in [3.8, 4) is 11.3 Å². The minimum absolute atomic E-state index is 0.508. The molecule has 78 valence electrons. The Kier molecular flexibility index (Phi) is 2.58. The smallest absolute Gasteiger partial charge is 0.0957 e. The largest absolute Gasteiger partial charge is 0.275 e. The predicted molar refractivity (Wildman–Crippen MR) is 62.7 cm³/mol. The highest BCUT2D eigenvalue weighted by Gasteiger charge is 2.12. The van der Waals surface area contributed by atoms with Gasteiger partial charge in [-0.05, 0) is 5.92 Å². The molecule has 0 bridgehead atoms. The van der Waals surface area contributed by atoms with E-state index in [1.807, 2.05) is 29.9 Å². The summed E-state index contributed by atoms with van der Waals surface area (Å²) in [6.45, 7) is 4.40. The van der Waals surface area contributed by atoms with Gasteiger partial charge in [0.05, 0.1) is 5.69 Å². The Morgan fingerprint density at radius 3 is 2.40 bits per heavy atom. The van der Waals surface area contributed by atoms with Gasteiger partial charge in [-0.2, -0.15) is 5.10 Å². The summed E-state index contributed by atoms with van der Waals surface area (Å²) >= 11 is 0. The Bertz CT molecular complexity index is 441. The number of aryl methyl sites for hydroxylation is 1. The first-order valence-electron chi connectivity index (χ1n) is 5.27. The molecule has 0 unspecified atom stereocenters. The molecule has 1 heterocycles. The number of benzene rings is 1. The first-order chi connectivity index (χ1) is 7.18. The molecular formula is C13H16N2. The summed E-state index contributed by atoms with van der Waals surface area (Å²) in [7, 11) is 1.97. The van der Waals surface area contributed by atoms with Crippen LogP contribution < -0.4 is 0 Å². The third kappa shape index (κ3) is 1.94. The Hall–Kier alpha value is -1.57. The van der Waals surface area contributed by atoms with Gasteiger partial charge in [0.25, 0.3) is 0 Å². The number of aromatic nitrogens is 2. The summed E-state index contributed by atoms with van der Waals surface area (Å²) in [5.41, 5.74) is 3.61. The summed E-state index contributed by atoms with van der Waals surface area (Å²) in [5, 5.41) is 4.52. The molecule has 2 nitrogen and oxygen atoms in total. The third-order valence-electron chi connectivity index (χ3n) is 2.53. The highest BCUT2D eigenvalue weighted by Crippen LogP contribution is 2.27. The van der Waals surface area contributed by atoms with Gasteiger partial charge in [-0.25, -0.2) is 0 Å². The Morgan fingerprint density at radius 1 is 1.13 bits per heavy atom. The fourth-order valence-electron chi connectivity index (χ4n) is 1.75. The average molecular weight is 200 g/mol. The van der Waals surface area contributed by atoms with Crippen molar-refractivity contribution < 1.29 is 0 Å². The zero-order valence-corrected chi connectivity index (χ0v) is 9.44. The van der Waals surface area contributed by atoms with E-state index in [1.54, 1.807) is 0 Å². The van der Waals surface area contributed by atoms with Crippen molar-refractivity contribution in [3.63, 3.8) is 0 Å². The SMILES string of the molecule is CC(C)c1cn(C)nc1-c1ccccc1. The molecule has 0 saturated carbocycles. The van der Waals surface area contributed by atoms with E-state index in [-0.39, 0.29) is 0 Å². The van der Waals surface area contributed by atoms with Crippen LogP contribution in [0.5, 0.6) is 0 Å². The van der Waals surface area contributed by atoms with Crippen molar-refractivity contribution >= 4 is 0 Å². The molecule has 0 aliphatic carbocycles. The average Bonchev–Trinajstić information content (AvgIpc) is 2.62. The highest BCUT2D eigenvalue weighted by atomic mass is 15.3. The van der Waals surface area contributed by atoms with Gasteiger partial charge in [-0.15, -0.1) is 0 Å². The molecule has 0 atom stereocenters. The molecule has 0 aliphatic rings. The monoisotopic (exact) mass is 200 g/mol. The van der Waals surface area contributed by atoms with E-state index in [4.69, 9.17) is 0 Å². The molecule has 0 saturated heterocycles. The Morgan fingerprint density at radius 2 is 1.80 bits per heavy atom. The van der Waals surface area contributed by atoms with Crippen LogP contribution in [-0.4, -0.2) is 9.78 Å². The third-order valence-corrected chi connectivity index (χ3v) is 2.53. The van der Waals surface area contributed by atoms with Crippen LogP contribution in [0.4, 0.5) is 0 Å².